The van der Waals surface area contributed by atoms with Gasteiger partial charge < -0.3 is 16.6 Å². The summed E-state index contributed by atoms with van der Waals surface area (Å²) in [6.45, 7) is 3.43. The molecule has 0 saturated heterocycles. The maximum absolute atomic E-state index is 10.8. The van der Waals surface area contributed by atoms with Crippen molar-refractivity contribution >= 4 is 5.97 Å². The van der Waals surface area contributed by atoms with Crippen molar-refractivity contribution in [1.82, 2.24) is 4.90 Å². The predicted molar refractivity (Wildman–Crippen MR) is 79.1 cm³/mol. The number of carboxylic acid groups (broad SMARTS) is 1. The molecule has 0 amide bonds. The molecule has 19 heavy (non-hydrogen) atoms. The Balaban J connectivity index is 3.66. The lowest BCUT2D eigenvalue weighted by atomic mass is 10.1. The normalized spacial score (nSPS) is 11.1. The lowest BCUT2D eigenvalue weighted by molar-refractivity contribution is -0.138. The monoisotopic (exact) mass is 273 g/mol. The third-order valence-corrected chi connectivity index (χ3v) is 3.22. The molecule has 0 fully saturated rings. The average Bonchev–Trinajstić information content (AvgIpc) is 2.37. The zero-order chi connectivity index (χ0) is 14.3. The van der Waals surface area contributed by atoms with Crippen molar-refractivity contribution in [3.63, 3.8) is 0 Å². The van der Waals surface area contributed by atoms with E-state index in [0.29, 0.717) is 0 Å². The Morgan fingerprint density at radius 2 is 1.21 bits per heavy atom. The lowest BCUT2D eigenvalue weighted by Gasteiger charge is -2.20. The summed E-state index contributed by atoms with van der Waals surface area (Å²) in [5.41, 5.74) is 10.9. The highest BCUT2D eigenvalue weighted by Crippen LogP contribution is 2.05. The molecular weight excluding hydrogens is 242 g/mol. The van der Waals surface area contributed by atoms with Crippen LogP contribution in [0.1, 0.15) is 51.4 Å². The lowest BCUT2D eigenvalue weighted by Crippen LogP contribution is -2.31. The summed E-state index contributed by atoms with van der Waals surface area (Å²) in [5.74, 6) is -0.732. The highest BCUT2D eigenvalue weighted by atomic mass is 16.4. The summed E-state index contributed by atoms with van der Waals surface area (Å²) in [4.78, 5) is 12.9. The first kappa shape index (κ1) is 18.4. The van der Waals surface area contributed by atoms with E-state index in [-0.39, 0.29) is 6.54 Å². The average molecular weight is 273 g/mol. The summed E-state index contributed by atoms with van der Waals surface area (Å²) in [6.07, 6.45) is 8.84. The summed E-state index contributed by atoms with van der Waals surface area (Å²) in [6, 6.07) is 0. The van der Waals surface area contributed by atoms with Gasteiger partial charge in [0.1, 0.15) is 0 Å². The number of nitrogens with two attached hydrogens (primary N) is 2. The van der Waals surface area contributed by atoms with Gasteiger partial charge in [-0.1, -0.05) is 25.7 Å². The zero-order valence-corrected chi connectivity index (χ0v) is 12.1. The van der Waals surface area contributed by atoms with Crippen molar-refractivity contribution in [3.05, 3.63) is 0 Å². The van der Waals surface area contributed by atoms with Crippen LogP contribution in [0.5, 0.6) is 0 Å². The summed E-state index contributed by atoms with van der Waals surface area (Å²) < 4.78 is 0. The molecule has 0 aliphatic rings. The van der Waals surface area contributed by atoms with Crippen LogP contribution in [0.15, 0.2) is 0 Å². The first-order valence-electron chi connectivity index (χ1n) is 7.55. The van der Waals surface area contributed by atoms with E-state index >= 15 is 0 Å². The second-order valence-corrected chi connectivity index (χ2v) is 5.08. The Bertz CT molecular complexity index is 199. The van der Waals surface area contributed by atoms with E-state index in [2.05, 4.69) is 0 Å². The maximum atomic E-state index is 10.8. The number of hydrogen-bond donors (Lipinski definition) is 3. The van der Waals surface area contributed by atoms with Gasteiger partial charge in [-0.25, -0.2) is 0 Å². The van der Waals surface area contributed by atoms with Crippen molar-refractivity contribution in [2.24, 2.45) is 11.5 Å². The number of hydrogen-bond acceptors (Lipinski definition) is 4. The van der Waals surface area contributed by atoms with Crippen LogP contribution < -0.4 is 11.5 Å². The highest BCUT2D eigenvalue weighted by Gasteiger charge is 2.08. The fourth-order valence-electron chi connectivity index (χ4n) is 2.13. The number of rotatable bonds is 14. The number of carboxylic acids is 1. The Labute approximate surface area is 117 Å². The third kappa shape index (κ3) is 13.6. The minimum Gasteiger partial charge on any atom is -0.480 e. The minimum atomic E-state index is -0.732. The molecular formula is C14H31N3O2. The summed E-state index contributed by atoms with van der Waals surface area (Å²) in [5, 5.41) is 8.89. The molecule has 0 unspecified atom stereocenters. The van der Waals surface area contributed by atoms with Gasteiger partial charge in [0.25, 0.3) is 0 Å². The van der Waals surface area contributed by atoms with Crippen molar-refractivity contribution in [2.45, 2.75) is 51.4 Å². The van der Waals surface area contributed by atoms with Crippen LogP contribution in [0.25, 0.3) is 0 Å². The smallest absolute Gasteiger partial charge is 0.317 e. The molecule has 0 spiro atoms. The van der Waals surface area contributed by atoms with E-state index in [1.807, 2.05) is 4.90 Å². The third-order valence-electron chi connectivity index (χ3n) is 3.22. The molecule has 0 heterocycles. The van der Waals surface area contributed by atoms with Gasteiger partial charge in [0.15, 0.2) is 0 Å². The molecule has 0 aromatic rings. The molecule has 0 saturated carbocycles. The molecule has 5 nitrogen and oxygen atoms in total. The van der Waals surface area contributed by atoms with Gasteiger partial charge in [0, 0.05) is 0 Å². The van der Waals surface area contributed by atoms with Crippen LogP contribution >= 0.6 is 0 Å². The largest absolute Gasteiger partial charge is 0.480 e. The van der Waals surface area contributed by atoms with E-state index in [4.69, 9.17) is 16.6 Å². The molecule has 114 valence electrons. The second-order valence-electron chi connectivity index (χ2n) is 5.08. The highest BCUT2D eigenvalue weighted by molar-refractivity contribution is 5.69. The maximum Gasteiger partial charge on any atom is 0.317 e. The van der Waals surface area contributed by atoms with Crippen LogP contribution in [-0.2, 0) is 4.79 Å². The first-order valence-corrected chi connectivity index (χ1v) is 7.55. The van der Waals surface area contributed by atoms with Crippen LogP contribution in [0.2, 0.25) is 0 Å². The number of aliphatic carboxylic acids is 1. The van der Waals surface area contributed by atoms with E-state index in [1.165, 1.54) is 0 Å². The van der Waals surface area contributed by atoms with Crippen LogP contribution in [-0.4, -0.2) is 48.7 Å². The summed E-state index contributed by atoms with van der Waals surface area (Å²) >= 11 is 0. The first-order chi connectivity index (χ1) is 9.20. The van der Waals surface area contributed by atoms with Crippen molar-refractivity contribution in [1.29, 1.82) is 0 Å². The minimum absolute atomic E-state index is 0.160. The van der Waals surface area contributed by atoms with Crippen molar-refractivity contribution in [3.8, 4) is 0 Å². The van der Waals surface area contributed by atoms with Gasteiger partial charge in [0.05, 0.1) is 6.54 Å². The topological polar surface area (TPSA) is 92.6 Å². The molecule has 0 radical (unpaired) electrons. The van der Waals surface area contributed by atoms with Gasteiger partial charge in [-0.2, -0.15) is 0 Å². The van der Waals surface area contributed by atoms with Gasteiger partial charge in [-0.15, -0.1) is 0 Å². The fraction of sp³-hybridized carbons (Fsp3) is 0.929. The van der Waals surface area contributed by atoms with Crippen molar-refractivity contribution < 1.29 is 9.90 Å². The molecule has 0 atom stereocenters. The van der Waals surface area contributed by atoms with Gasteiger partial charge in [-0.3, -0.25) is 9.69 Å². The standard InChI is InChI=1S/C14H31N3O2/c15-9-5-1-3-7-11-17(13-14(18)19)12-8-4-2-6-10-16/h1-13,15-16H2,(H,18,19). The Hall–Kier alpha value is -0.650. The van der Waals surface area contributed by atoms with E-state index in [9.17, 15) is 4.79 Å². The fourth-order valence-corrected chi connectivity index (χ4v) is 2.13. The molecule has 0 aliphatic carbocycles. The molecule has 0 aromatic heterocycles. The second kappa shape index (κ2) is 13.8. The van der Waals surface area contributed by atoms with Crippen LogP contribution in [0.4, 0.5) is 0 Å². The Kier molecular flexibility index (Phi) is 13.3. The summed E-state index contributed by atoms with van der Waals surface area (Å²) in [7, 11) is 0. The molecule has 0 aliphatic heterocycles. The van der Waals surface area contributed by atoms with E-state index in [1.54, 1.807) is 0 Å². The number of unbranched alkanes of at least 4 members (excludes halogenated alkanes) is 6. The molecule has 5 N–H and O–H groups in total. The quantitative estimate of drug-likeness (QED) is 0.416. The van der Waals surface area contributed by atoms with Gasteiger partial charge >= 0.3 is 5.97 Å². The zero-order valence-electron chi connectivity index (χ0n) is 12.1. The Morgan fingerprint density at radius 1 is 0.789 bits per heavy atom. The molecule has 0 aromatic carbocycles. The molecule has 0 rings (SSSR count). The van der Waals surface area contributed by atoms with Gasteiger partial charge in [-0.05, 0) is 51.9 Å². The SMILES string of the molecule is NCCCCCCN(CCCCCCN)CC(=O)O. The van der Waals surface area contributed by atoms with Crippen molar-refractivity contribution in [2.75, 3.05) is 32.7 Å². The van der Waals surface area contributed by atoms with Crippen LogP contribution in [0, 0.1) is 0 Å². The van der Waals surface area contributed by atoms with E-state index < -0.39 is 5.97 Å². The Morgan fingerprint density at radius 3 is 1.58 bits per heavy atom. The van der Waals surface area contributed by atoms with E-state index in [0.717, 1.165) is 77.5 Å². The number of carbonyl (C=O) groups is 1. The molecule has 0 bridgehead atoms. The number of nitrogens with zero attached hydrogens (tertiary/aromatic N) is 1. The molecule has 5 heteroatoms. The predicted octanol–water partition coefficient (Wildman–Crippen LogP) is 1.41. The van der Waals surface area contributed by atoms with Gasteiger partial charge in [0.2, 0.25) is 0 Å². The van der Waals surface area contributed by atoms with Crippen LogP contribution in [0.3, 0.4) is 0 Å².